The number of nitrogens with zero attached hydrogens (tertiary/aromatic N) is 3. The highest BCUT2D eigenvalue weighted by atomic mass is 16.1. The van der Waals surface area contributed by atoms with Crippen molar-refractivity contribution in [3.63, 3.8) is 0 Å². The second kappa shape index (κ2) is 9.17. The quantitative estimate of drug-likeness (QED) is 0.714. The minimum atomic E-state index is -0.102. The zero-order valence-corrected chi connectivity index (χ0v) is 15.3. The van der Waals surface area contributed by atoms with E-state index in [1.54, 1.807) is 0 Å². The number of nitrogens with one attached hydrogen (secondary N) is 2. The van der Waals surface area contributed by atoms with Crippen molar-refractivity contribution in [2.75, 3.05) is 36.4 Å². The second-order valence-corrected chi connectivity index (χ2v) is 6.58. The lowest BCUT2D eigenvalue weighted by molar-refractivity contribution is -0.122. The molecule has 0 spiro atoms. The molecule has 26 heavy (non-hydrogen) atoms. The minimum absolute atomic E-state index is 0.0670. The van der Waals surface area contributed by atoms with Gasteiger partial charge in [0.2, 0.25) is 5.91 Å². The highest BCUT2D eigenvalue weighted by molar-refractivity contribution is 5.83. The van der Waals surface area contributed by atoms with E-state index in [0.717, 1.165) is 36.6 Å². The first kappa shape index (κ1) is 18.2. The lowest BCUT2D eigenvalue weighted by atomic mass is 9.96. The summed E-state index contributed by atoms with van der Waals surface area (Å²) in [7, 11) is 0. The molecule has 0 saturated carbocycles. The standard InChI is InChI=1S/C20H27N5O/c1-2-18(16-8-4-3-5-9-16)20(26)22-11-10-21-19-14-17(15-23-24-19)25-12-6-7-13-25/h3-5,8-9,14-15,18H,2,6-7,10-13H2,1H3,(H,21,24)(H,22,26). The van der Waals surface area contributed by atoms with Crippen molar-refractivity contribution in [1.82, 2.24) is 15.5 Å². The lowest BCUT2D eigenvalue weighted by Crippen LogP contribution is -2.33. The number of amides is 1. The lowest BCUT2D eigenvalue weighted by Gasteiger charge is -2.18. The first-order chi connectivity index (χ1) is 12.8. The van der Waals surface area contributed by atoms with Crippen molar-refractivity contribution in [2.45, 2.75) is 32.1 Å². The topological polar surface area (TPSA) is 70.2 Å². The molecule has 138 valence electrons. The maximum atomic E-state index is 12.4. The minimum Gasteiger partial charge on any atom is -0.370 e. The Morgan fingerprint density at radius 3 is 2.69 bits per heavy atom. The van der Waals surface area contributed by atoms with Crippen molar-refractivity contribution >= 4 is 17.4 Å². The fourth-order valence-electron chi connectivity index (χ4n) is 3.35. The maximum absolute atomic E-state index is 12.4. The van der Waals surface area contributed by atoms with Gasteiger partial charge in [0.15, 0.2) is 5.82 Å². The number of carbonyl (C=O) groups excluding carboxylic acids is 1. The van der Waals surface area contributed by atoms with Crippen molar-refractivity contribution in [3.05, 3.63) is 48.2 Å². The molecular formula is C20H27N5O. The summed E-state index contributed by atoms with van der Waals surface area (Å²) in [5.41, 5.74) is 2.17. The van der Waals surface area contributed by atoms with Gasteiger partial charge in [-0.15, -0.1) is 5.10 Å². The van der Waals surface area contributed by atoms with E-state index in [0.29, 0.717) is 13.1 Å². The molecule has 0 aliphatic carbocycles. The largest absolute Gasteiger partial charge is 0.370 e. The van der Waals surface area contributed by atoms with Gasteiger partial charge in [-0.25, -0.2) is 0 Å². The van der Waals surface area contributed by atoms with Gasteiger partial charge in [0.05, 0.1) is 17.8 Å². The van der Waals surface area contributed by atoms with Crippen LogP contribution in [-0.2, 0) is 4.79 Å². The normalized spacial score (nSPS) is 14.9. The SMILES string of the molecule is CCC(C(=O)NCCNc1cc(N2CCCC2)cnn1)c1ccccc1. The zero-order chi connectivity index (χ0) is 18.2. The molecule has 6 heteroatoms. The third-order valence-electron chi connectivity index (χ3n) is 4.77. The van der Waals surface area contributed by atoms with Crippen LogP contribution in [0, 0.1) is 0 Å². The molecule has 1 unspecified atom stereocenters. The first-order valence-electron chi connectivity index (χ1n) is 9.42. The van der Waals surface area contributed by atoms with Crippen LogP contribution in [0.4, 0.5) is 11.5 Å². The van der Waals surface area contributed by atoms with Gasteiger partial charge in [-0.3, -0.25) is 4.79 Å². The Kier molecular flexibility index (Phi) is 6.41. The van der Waals surface area contributed by atoms with Crippen LogP contribution < -0.4 is 15.5 Å². The third-order valence-corrected chi connectivity index (χ3v) is 4.77. The van der Waals surface area contributed by atoms with Crippen LogP contribution in [0.1, 0.15) is 37.7 Å². The molecule has 1 saturated heterocycles. The highest BCUT2D eigenvalue weighted by Gasteiger charge is 2.17. The van der Waals surface area contributed by atoms with Gasteiger partial charge < -0.3 is 15.5 Å². The molecule has 2 N–H and O–H groups in total. The van der Waals surface area contributed by atoms with Gasteiger partial charge in [0.1, 0.15) is 0 Å². The van der Waals surface area contributed by atoms with Crippen LogP contribution in [0.25, 0.3) is 0 Å². The molecule has 1 aromatic carbocycles. The van der Waals surface area contributed by atoms with E-state index >= 15 is 0 Å². The Labute approximate surface area is 155 Å². The summed E-state index contributed by atoms with van der Waals surface area (Å²) in [5.74, 6) is 0.714. The molecule has 6 nitrogen and oxygen atoms in total. The maximum Gasteiger partial charge on any atom is 0.227 e. The number of rotatable bonds is 8. The van der Waals surface area contributed by atoms with Crippen molar-refractivity contribution in [2.24, 2.45) is 0 Å². The van der Waals surface area contributed by atoms with Crippen molar-refractivity contribution in [3.8, 4) is 0 Å². The summed E-state index contributed by atoms with van der Waals surface area (Å²) in [5, 5.41) is 14.5. The first-order valence-corrected chi connectivity index (χ1v) is 9.42. The summed E-state index contributed by atoms with van der Waals surface area (Å²) < 4.78 is 0. The molecule has 1 aliphatic heterocycles. The van der Waals surface area contributed by atoms with E-state index in [1.807, 2.05) is 49.5 Å². The van der Waals surface area contributed by atoms with E-state index in [9.17, 15) is 4.79 Å². The summed E-state index contributed by atoms with van der Waals surface area (Å²) in [6, 6.07) is 11.9. The zero-order valence-electron chi connectivity index (χ0n) is 15.3. The van der Waals surface area contributed by atoms with E-state index in [4.69, 9.17) is 0 Å². The van der Waals surface area contributed by atoms with Crippen LogP contribution in [0.5, 0.6) is 0 Å². The number of hydrogen-bond acceptors (Lipinski definition) is 5. The van der Waals surface area contributed by atoms with Crippen molar-refractivity contribution in [1.29, 1.82) is 0 Å². The van der Waals surface area contributed by atoms with Crippen LogP contribution in [0.2, 0.25) is 0 Å². The van der Waals surface area contributed by atoms with E-state index in [1.165, 1.54) is 12.8 Å². The van der Waals surface area contributed by atoms with E-state index in [2.05, 4.69) is 25.7 Å². The Morgan fingerprint density at radius 2 is 1.96 bits per heavy atom. The third kappa shape index (κ3) is 4.71. The molecule has 2 heterocycles. The fraction of sp³-hybridized carbons (Fsp3) is 0.450. The summed E-state index contributed by atoms with van der Waals surface area (Å²) in [4.78, 5) is 14.8. The monoisotopic (exact) mass is 353 g/mol. The average molecular weight is 353 g/mol. The molecule has 1 fully saturated rings. The van der Waals surface area contributed by atoms with Crippen LogP contribution in [-0.4, -0.2) is 42.3 Å². The molecule has 1 aliphatic rings. The number of benzene rings is 1. The molecule has 3 rings (SSSR count). The second-order valence-electron chi connectivity index (χ2n) is 6.58. The fourth-order valence-corrected chi connectivity index (χ4v) is 3.35. The van der Waals surface area contributed by atoms with Gasteiger partial charge in [-0.05, 0) is 24.8 Å². The Hall–Kier alpha value is -2.63. The van der Waals surface area contributed by atoms with Gasteiger partial charge in [-0.1, -0.05) is 37.3 Å². The van der Waals surface area contributed by atoms with E-state index < -0.39 is 0 Å². The molecular weight excluding hydrogens is 326 g/mol. The molecule has 1 aromatic heterocycles. The van der Waals surface area contributed by atoms with E-state index in [-0.39, 0.29) is 11.8 Å². The van der Waals surface area contributed by atoms with Gasteiger partial charge in [0, 0.05) is 32.2 Å². The Bertz CT molecular complexity index is 700. The average Bonchev–Trinajstić information content (AvgIpc) is 3.22. The molecule has 1 atom stereocenters. The summed E-state index contributed by atoms with van der Waals surface area (Å²) >= 11 is 0. The van der Waals surface area contributed by atoms with Crippen LogP contribution in [0.15, 0.2) is 42.6 Å². The number of aromatic nitrogens is 2. The molecule has 1 amide bonds. The molecule has 0 bridgehead atoms. The van der Waals surface area contributed by atoms with Crippen LogP contribution in [0.3, 0.4) is 0 Å². The number of hydrogen-bond donors (Lipinski definition) is 2. The van der Waals surface area contributed by atoms with Gasteiger partial charge >= 0.3 is 0 Å². The summed E-state index contributed by atoms with van der Waals surface area (Å²) in [6.07, 6.45) is 5.06. The Balaban J connectivity index is 1.46. The molecule has 2 aromatic rings. The van der Waals surface area contributed by atoms with Gasteiger partial charge in [-0.2, -0.15) is 5.10 Å². The van der Waals surface area contributed by atoms with Gasteiger partial charge in [0.25, 0.3) is 0 Å². The van der Waals surface area contributed by atoms with Crippen molar-refractivity contribution < 1.29 is 4.79 Å². The highest BCUT2D eigenvalue weighted by Crippen LogP contribution is 2.21. The Morgan fingerprint density at radius 1 is 1.19 bits per heavy atom. The summed E-state index contributed by atoms with van der Waals surface area (Å²) in [6.45, 7) is 5.37. The van der Waals surface area contributed by atoms with Crippen LogP contribution >= 0.6 is 0 Å². The predicted molar refractivity (Wildman–Crippen MR) is 104 cm³/mol. The predicted octanol–water partition coefficient (Wildman–Crippen LogP) is 2.80. The smallest absolute Gasteiger partial charge is 0.227 e. The number of carbonyl (C=O) groups is 1. The number of anilines is 2. The molecule has 0 radical (unpaired) electrons.